The molecule has 0 aliphatic rings. The largest absolute Gasteiger partial charge is 0.438 e. The Hall–Kier alpha value is -1.61. The number of aryl methyl sites for hydroxylation is 2. The minimum atomic E-state index is 0.452. The van der Waals surface area contributed by atoms with Gasteiger partial charge in [0.25, 0.3) is 0 Å². The van der Waals surface area contributed by atoms with Crippen LogP contribution in [0.25, 0.3) is 0 Å². The summed E-state index contributed by atoms with van der Waals surface area (Å²) in [5, 5.41) is 0.452. The van der Waals surface area contributed by atoms with Gasteiger partial charge in [-0.2, -0.15) is 0 Å². The predicted octanol–water partition coefficient (Wildman–Crippen LogP) is 4.10. The number of rotatable bonds is 3. The first-order valence-corrected chi connectivity index (χ1v) is 6.24. The quantitative estimate of drug-likeness (QED) is 0.781. The molecule has 0 aliphatic carbocycles. The summed E-state index contributed by atoms with van der Waals surface area (Å²) in [6.45, 7) is 6.03. The molecule has 0 saturated heterocycles. The van der Waals surface area contributed by atoms with Crippen molar-refractivity contribution in [1.82, 2.24) is 9.97 Å². The standard InChI is InChI=1S/C14H15ClN2O/c1-4-11-13(15)16-8-17-14(11)18-12-7-9(2)5-6-10(12)3/h5-8H,4H2,1-3H3. The lowest BCUT2D eigenvalue weighted by atomic mass is 10.1. The second-order valence-corrected chi connectivity index (χ2v) is 4.53. The van der Waals surface area contributed by atoms with Crippen LogP contribution in [0.15, 0.2) is 24.5 Å². The van der Waals surface area contributed by atoms with Gasteiger partial charge in [-0.05, 0) is 37.5 Å². The van der Waals surface area contributed by atoms with Gasteiger partial charge in [-0.15, -0.1) is 0 Å². The zero-order chi connectivity index (χ0) is 13.1. The van der Waals surface area contributed by atoms with Gasteiger partial charge in [0.2, 0.25) is 5.88 Å². The lowest BCUT2D eigenvalue weighted by molar-refractivity contribution is 0.451. The van der Waals surface area contributed by atoms with E-state index >= 15 is 0 Å². The zero-order valence-corrected chi connectivity index (χ0v) is 11.5. The Labute approximate surface area is 112 Å². The van der Waals surface area contributed by atoms with E-state index in [-0.39, 0.29) is 0 Å². The fraction of sp³-hybridized carbons (Fsp3) is 0.286. The summed E-state index contributed by atoms with van der Waals surface area (Å²) in [4.78, 5) is 8.13. The van der Waals surface area contributed by atoms with E-state index in [1.807, 2.05) is 32.9 Å². The lowest BCUT2D eigenvalue weighted by Gasteiger charge is -2.11. The van der Waals surface area contributed by atoms with Crippen LogP contribution in [0.1, 0.15) is 23.6 Å². The van der Waals surface area contributed by atoms with Crippen molar-refractivity contribution >= 4 is 11.6 Å². The van der Waals surface area contributed by atoms with Crippen molar-refractivity contribution in [3.63, 3.8) is 0 Å². The third kappa shape index (κ3) is 2.62. The van der Waals surface area contributed by atoms with Crippen LogP contribution < -0.4 is 4.74 Å². The Morgan fingerprint density at radius 2 is 2.00 bits per heavy atom. The minimum absolute atomic E-state index is 0.452. The molecule has 1 aromatic heterocycles. The van der Waals surface area contributed by atoms with Crippen LogP contribution in [0.3, 0.4) is 0 Å². The smallest absolute Gasteiger partial charge is 0.227 e. The van der Waals surface area contributed by atoms with Gasteiger partial charge < -0.3 is 4.74 Å². The van der Waals surface area contributed by atoms with E-state index in [9.17, 15) is 0 Å². The maximum atomic E-state index is 6.04. The van der Waals surface area contributed by atoms with E-state index in [0.29, 0.717) is 11.0 Å². The molecular formula is C14H15ClN2O. The molecule has 1 heterocycles. The SMILES string of the molecule is CCc1c(Cl)ncnc1Oc1cc(C)ccc1C. The lowest BCUT2D eigenvalue weighted by Crippen LogP contribution is -1.98. The van der Waals surface area contributed by atoms with E-state index in [4.69, 9.17) is 16.3 Å². The van der Waals surface area contributed by atoms with Crippen LogP contribution in [-0.2, 0) is 6.42 Å². The molecule has 18 heavy (non-hydrogen) atoms. The molecule has 0 atom stereocenters. The number of benzene rings is 1. The highest BCUT2D eigenvalue weighted by atomic mass is 35.5. The van der Waals surface area contributed by atoms with Crippen LogP contribution >= 0.6 is 11.6 Å². The number of ether oxygens (including phenoxy) is 1. The average molecular weight is 263 g/mol. The molecule has 0 bridgehead atoms. The van der Waals surface area contributed by atoms with E-state index in [0.717, 1.165) is 28.9 Å². The summed E-state index contributed by atoms with van der Waals surface area (Å²) in [5.74, 6) is 1.34. The van der Waals surface area contributed by atoms with Gasteiger partial charge in [0.15, 0.2) is 0 Å². The van der Waals surface area contributed by atoms with Crippen LogP contribution in [-0.4, -0.2) is 9.97 Å². The molecule has 0 N–H and O–H groups in total. The summed E-state index contributed by atoms with van der Waals surface area (Å²) < 4.78 is 5.86. The number of halogens is 1. The summed E-state index contributed by atoms with van der Waals surface area (Å²) in [7, 11) is 0. The van der Waals surface area contributed by atoms with Crippen LogP contribution in [0.2, 0.25) is 5.15 Å². The molecule has 0 unspecified atom stereocenters. The summed E-state index contributed by atoms with van der Waals surface area (Å²) >= 11 is 6.04. The number of aromatic nitrogens is 2. The molecule has 94 valence electrons. The molecule has 0 saturated carbocycles. The Morgan fingerprint density at radius 3 is 2.72 bits per heavy atom. The van der Waals surface area contributed by atoms with Gasteiger partial charge >= 0.3 is 0 Å². The van der Waals surface area contributed by atoms with E-state index in [1.165, 1.54) is 6.33 Å². The van der Waals surface area contributed by atoms with Crippen molar-refractivity contribution in [2.45, 2.75) is 27.2 Å². The zero-order valence-electron chi connectivity index (χ0n) is 10.7. The summed E-state index contributed by atoms with van der Waals surface area (Å²) in [6.07, 6.45) is 2.15. The molecule has 0 amide bonds. The second kappa shape index (κ2) is 5.36. The van der Waals surface area contributed by atoms with E-state index in [1.54, 1.807) is 0 Å². The van der Waals surface area contributed by atoms with Crippen molar-refractivity contribution in [3.05, 3.63) is 46.4 Å². The van der Waals surface area contributed by atoms with Crippen LogP contribution in [0.4, 0.5) is 0 Å². The first kappa shape index (κ1) is 12.8. The number of hydrogen-bond acceptors (Lipinski definition) is 3. The summed E-state index contributed by atoms with van der Waals surface area (Å²) in [5.41, 5.74) is 3.05. The second-order valence-electron chi connectivity index (χ2n) is 4.17. The minimum Gasteiger partial charge on any atom is -0.438 e. The van der Waals surface area contributed by atoms with Gasteiger partial charge in [-0.1, -0.05) is 30.7 Å². The predicted molar refractivity (Wildman–Crippen MR) is 72.4 cm³/mol. The Bertz CT molecular complexity index is 570. The van der Waals surface area contributed by atoms with Crippen molar-refractivity contribution < 1.29 is 4.74 Å². The molecule has 0 spiro atoms. The highest BCUT2D eigenvalue weighted by Gasteiger charge is 2.11. The van der Waals surface area contributed by atoms with Gasteiger partial charge in [0.05, 0.1) is 5.56 Å². The average Bonchev–Trinajstić information content (AvgIpc) is 2.34. The first-order valence-electron chi connectivity index (χ1n) is 5.86. The Balaban J connectivity index is 2.40. The maximum absolute atomic E-state index is 6.04. The van der Waals surface area contributed by atoms with Crippen molar-refractivity contribution in [2.75, 3.05) is 0 Å². The molecular weight excluding hydrogens is 248 g/mol. The van der Waals surface area contributed by atoms with Crippen LogP contribution in [0, 0.1) is 13.8 Å². The van der Waals surface area contributed by atoms with Crippen molar-refractivity contribution in [1.29, 1.82) is 0 Å². The maximum Gasteiger partial charge on any atom is 0.227 e. The molecule has 1 aromatic carbocycles. The highest BCUT2D eigenvalue weighted by Crippen LogP contribution is 2.29. The summed E-state index contributed by atoms with van der Waals surface area (Å²) in [6, 6.07) is 6.07. The third-order valence-corrected chi connectivity index (χ3v) is 3.08. The highest BCUT2D eigenvalue weighted by molar-refractivity contribution is 6.30. The van der Waals surface area contributed by atoms with Crippen molar-refractivity contribution in [3.8, 4) is 11.6 Å². The molecule has 2 rings (SSSR count). The van der Waals surface area contributed by atoms with E-state index < -0.39 is 0 Å². The molecule has 0 radical (unpaired) electrons. The topological polar surface area (TPSA) is 35.0 Å². The van der Waals surface area contributed by atoms with Gasteiger partial charge in [0.1, 0.15) is 17.2 Å². The van der Waals surface area contributed by atoms with E-state index in [2.05, 4.69) is 16.0 Å². The fourth-order valence-electron chi connectivity index (χ4n) is 1.68. The fourth-order valence-corrected chi connectivity index (χ4v) is 1.94. The van der Waals surface area contributed by atoms with Gasteiger partial charge in [-0.3, -0.25) is 0 Å². The Kier molecular flexibility index (Phi) is 3.82. The molecule has 0 aliphatic heterocycles. The normalized spacial score (nSPS) is 10.4. The molecule has 4 heteroatoms. The first-order chi connectivity index (χ1) is 8.61. The molecule has 3 nitrogen and oxygen atoms in total. The monoisotopic (exact) mass is 262 g/mol. The number of hydrogen-bond donors (Lipinski definition) is 0. The number of nitrogens with zero attached hydrogens (tertiary/aromatic N) is 2. The third-order valence-electron chi connectivity index (χ3n) is 2.76. The van der Waals surface area contributed by atoms with Gasteiger partial charge in [-0.25, -0.2) is 9.97 Å². The Morgan fingerprint density at radius 1 is 1.22 bits per heavy atom. The van der Waals surface area contributed by atoms with Crippen LogP contribution in [0.5, 0.6) is 11.6 Å². The van der Waals surface area contributed by atoms with Crippen molar-refractivity contribution in [2.24, 2.45) is 0 Å². The molecule has 0 fully saturated rings. The molecule has 2 aromatic rings. The van der Waals surface area contributed by atoms with Gasteiger partial charge in [0, 0.05) is 0 Å².